The van der Waals surface area contributed by atoms with Crippen LogP contribution in [0.5, 0.6) is 5.75 Å². The molecule has 0 unspecified atom stereocenters. The third kappa shape index (κ3) is 3.36. The van der Waals surface area contributed by atoms with E-state index in [9.17, 15) is 4.79 Å². The van der Waals surface area contributed by atoms with Gasteiger partial charge in [-0.15, -0.1) is 0 Å². The summed E-state index contributed by atoms with van der Waals surface area (Å²) in [5, 5.41) is 0. The molecule has 0 saturated carbocycles. The van der Waals surface area contributed by atoms with E-state index in [0.29, 0.717) is 27.0 Å². The van der Waals surface area contributed by atoms with Gasteiger partial charge in [-0.05, 0) is 38.1 Å². The number of anilines is 1. The SMILES string of the molecule is CC(C)Oc1cncc(C(=O)c2cc(N)ccc2Br)c1. The molecule has 2 aromatic rings. The number of ether oxygens (including phenoxy) is 1. The van der Waals surface area contributed by atoms with E-state index in [1.807, 2.05) is 13.8 Å². The molecule has 0 fully saturated rings. The highest BCUT2D eigenvalue weighted by Crippen LogP contribution is 2.23. The average Bonchev–Trinajstić information content (AvgIpc) is 2.40. The van der Waals surface area contributed by atoms with Gasteiger partial charge in [0.15, 0.2) is 5.78 Å². The fraction of sp³-hybridized carbons (Fsp3) is 0.200. The minimum absolute atomic E-state index is 0.0289. The number of hydrogen-bond acceptors (Lipinski definition) is 4. The highest BCUT2D eigenvalue weighted by molar-refractivity contribution is 9.10. The lowest BCUT2D eigenvalue weighted by Gasteiger charge is -2.10. The largest absolute Gasteiger partial charge is 0.489 e. The number of carbonyl (C=O) groups excluding carboxylic acids is 1. The number of rotatable bonds is 4. The Morgan fingerprint density at radius 3 is 2.75 bits per heavy atom. The van der Waals surface area contributed by atoms with Gasteiger partial charge >= 0.3 is 0 Å². The zero-order valence-corrected chi connectivity index (χ0v) is 12.8. The Labute approximate surface area is 126 Å². The Morgan fingerprint density at radius 2 is 2.05 bits per heavy atom. The Bertz CT molecular complexity index is 642. The Kier molecular flexibility index (Phi) is 4.39. The second kappa shape index (κ2) is 6.05. The van der Waals surface area contributed by atoms with E-state index in [1.54, 1.807) is 30.5 Å². The molecule has 1 aromatic carbocycles. The van der Waals surface area contributed by atoms with Crippen molar-refractivity contribution in [2.45, 2.75) is 20.0 Å². The summed E-state index contributed by atoms with van der Waals surface area (Å²) in [4.78, 5) is 16.5. The van der Waals surface area contributed by atoms with E-state index in [-0.39, 0.29) is 11.9 Å². The Morgan fingerprint density at radius 1 is 1.30 bits per heavy atom. The van der Waals surface area contributed by atoms with E-state index in [4.69, 9.17) is 10.5 Å². The smallest absolute Gasteiger partial charge is 0.195 e. The van der Waals surface area contributed by atoms with Crippen molar-refractivity contribution in [1.82, 2.24) is 4.98 Å². The highest BCUT2D eigenvalue weighted by atomic mass is 79.9. The van der Waals surface area contributed by atoms with Gasteiger partial charge in [0, 0.05) is 27.5 Å². The first-order valence-electron chi connectivity index (χ1n) is 6.19. The topological polar surface area (TPSA) is 65.2 Å². The third-order valence-corrected chi connectivity index (χ3v) is 3.27. The fourth-order valence-corrected chi connectivity index (χ4v) is 2.18. The first-order chi connectivity index (χ1) is 9.47. The molecule has 20 heavy (non-hydrogen) atoms. The lowest BCUT2D eigenvalue weighted by Crippen LogP contribution is -2.08. The van der Waals surface area contributed by atoms with E-state index in [1.165, 1.54) is 6.20 Å². The van der Waals surface area contributed by atoms with Gasteiger partial charge < -0.3 is 10.5 Å². The van der Waals surface area contributed by atoms with Crippen molar-refractivity contribution >= 4 is 27.4 Å². The monoisotopic (exact) mass is 334 g/mol. The summed E-state index contributed by atoms with van der Waals surface area (Å²) in [7, 11) is 0. The van der Waals surface area contributed by atoms with Crippen LogP contribution in [-0.4, -0.2) is 16.9 Å². The van der Waals surface area contributed by atoms with E-state index in [0.717, 1.165) is 0 Å². The predicted octanol–water partition coefficient (Wildman–Crippen LogP) is 3.44. The summed E-state index contributed by atoms with van der Waals surface area (Å²) in [6.07, 6.45) is 3.14. The van der Waals surface area contributed by atoms with Gasteiger partial charge in [0.05, 0.1) is 12.3 Å². The molecule has 0 bridgehead atoms. The first kappa shape index (κ1) is 14.5. The Balaban J connectivity index is 2.35. The van der Waals surface area contributed by atoms with Crippen LogP contribution in [0, 0.1) is 0 Å². The van der Waals surface area contributed by atoms with Crippen LogP contribution < -0.4 is 10.5 Å². The number of nitrogens with two attached hydrogens (primary N) is 1. The molecule has 5 heteroatoms. The maximum Gasteiger partial charge on any atom is 0.195 e. The summed E-state index contributed by atoms with van der Waals surface area (Å²) in [5.41, 5.74) is 7.24. The number of nitrogens with zero attached hydrogens (tertiary/aromatic N) is 1. The molecule has 0 aliphatic rings. The second-order valence-corrected chi connectivity index (χ2v) is 5.50. The zero-order chi connectivity index (χ0) is 14.7. The van der Waals surface area contributed by atoms with E-state index in [2.05, 4.69) is 20.9 Å². The summed E-state index contributed by atoms with van der Waals surface area (Å²) in [6, 6.07) is 6.81. The van der Waals surface area contributed by atoms with E-state index < -0.39 is 0 Å². The molecular weight excluding hydrogens is 320 g/mol. The number of nitrogen functional groups attached to an aromatic ring is 1. The molecule has 104 valence electrons. The maximum atomic E-state index is 12.5. The van der Waals surface area contributed by atoms with Crippen LogP contribution in [0.25, 0.3) is 0 Å². The van der Waals surface area contributed by atoms with Crippen molar-refractivity contribution in [1.29, 1.82) is 0 Å². The summed E-state index contributed by atoms with van der Waals surface area (Å²) in [6.45, 7) is 3.84. The van der Waals surface area contributed by atoms with Crippen molar-refractivity contribution in [2.24, 2.45) is 0 Å². The molecule has 2 N–H and O–H groups in total. The third-order valence-electron chi connectivity index (χ3n) is 2.58. The number of carbonyl (C=O) groups is 1. The summed E-state index contributed by atoms with van der Waals surface area (Å²) in [5.74, 6) is 0.428. The Hall–Kier alpha value is -1.88. The van der Waals surface area contributed by atoms with Crippen LogP contribution in [0.15, 0.2) is 41.1 Å². The van der Waals surface area contributed by atoms with Gasteiger partial charge in [-0.1, -0.05) is 15.9 Å². The van der Waals surface area contributed by atoms with Gasteiger partial charge in [-0.25, -0.2) is 0 Å². The van der Waals surface area contributed by atoms with Crippen LogP contribution >= 0.6 is 15.9 Å². The van der Waals surface area contributed by atoms with Crippen LogP contribution in [0.2, 0.25) is 0 Å². The predicted molar refractivity (Wildman–Crippen MR) is 82.0 cm³/mol. The minimum atomic E-state index is -0.147. The number of aromatic nitrogens is 1. The number of ketones is 1. The molecule has 2 rings (SSSR count). The second-order valence-electron chi connectivity index (χ2n) is 4.64. The first-order valence-corrected chi connectivity index (χ1v) is 6.98. The van der Waals surface area contributed by atoms with Crippen molar-refractivity contribution in [2.75, 3.05) is 5.73 Å². The molecule has 0 radical (unpaired) electrons. The quantitative estimate of drug-likeness (QED) is 0.687. The molecule has 0 spiro atoms. The number of hydrogen-bond donors (Lipinski definition) is 1. The maximum absolute atomic E-state index is 12.5. The molecule has 0 saturated heterocycles. The van der Waals surface area contributed by atoms with Gasteiger partial charge in [-0.2, -0.15) is 0 Å². The summed E-state index contributed by atoms with van der Waals surface area (Å²) >= 11 is 3.36. The average molecular weight is 335 g/mol. The zero-order valence-electron chi connectivity index (χ0n) is 11.3. The van der Waals surface area contributed by atoms with Gasteiger partial charge in [0.2, 0.25) is 0 Å². The number of benzene rings is 1. The normalized spacial score (nSPS) is 10.6. The van der Waals surface area contributed by atoms with Crippen LogP contribution in [0.1, 0.15) is 29.8 Å². The number of pyridine rings is 1. The molecule has 4 nitrogen and oxygen atoms in total. The van der Waals surface area contributed by atoms with Crippen molar-refractivity contribution < 1.29 is 9.53 Å². The van der Waals surface area contributed by atoms with Crippen molar-refractivity contribution in [3.63, 3.8) is 0 Å². The standard InChI is InChI=1S/C15H15BrN2O2/c1-9(2)20-12-5-10(7-18-8-12)15(19)13-6-11(17)3-4-14(13)16/h3-9H,17H2,1-2H3. The molecule has 0 aliphatic heterocycles. The van der Waals surface area contributed by atoms with Gasteiger partial charge in [-0.3, -0.25) is 9.78 Å². The van der Waals surface area contributed by atoms with Crippen LogP contribution in [0.3, 0.4) is 0 Å². The molecule has 0 amide bonds. The highest BCUT2D eigenvalue weighted by Gasteiger charge is 2.14. The molecule has 1 heterocycles. The number of halogens is 1. The van der Waals surface area contributed by atoms with Crippen LogP contribution in [0.4, 0.5) is 5.69 Å². The summed E-state index contributed by atoms with van der Waals surface area (Å²) < 4.78 is 6.24. The molecule has 0 aliphatic carbocycles. The molecule has 1 aromatic heterocycles. The lowest BCUT2D eigenvalue weighted by molar-refractivity contribution is 0.103. The van der Waals surface area contributed by atoms with Crippen LogP contribution in [-0.2, 0) is 0 Å². The van der Waals surface area contributed by atoms with Crippen molar-refractivity contribution in [3.8, 4) is 5.75 Å². The van der Waals surface area contributed by atoms with E-state index >= 15 is 0 Å². The molecule has 0 atom stereocenters. The lowest BCUT2D eigenvalue weighted by atomic mass is 10.0. The minimum Gasteiger partial charge on any atom is -0.489 e. The van der Waals surface area contributed by atoms with Crippen molar-refractivity contribution in [3.05, 3.63) is 52.3 Å². The molecular formula is C15H15BrN2O2. The van der Waals surface area contributed by atoms with Gasteiger partial charge in [0.1, 0.15) is 5.75 Å². The fourth-order valence-electron chi connectivity index (χ4n) is 1.75. The van der Waals surface area contributed by atoms with Gasteiger partial charge in [0.25, 0.3) is 0 Å².